The van der Waals surface area contributed by atoms with Gasteiger partial charge in [0.1, 0.15) is 39.7 Å². The van der Waals surface area contributed by atoms with Gasteiger partial charge in [0, 0.05) is 35.4 Å². The molecule has 0 aliphatic heterocycles. The van der Waals surface area contributed by atoms with Crippen molar-refractivity contribution in [3.63, 3.8) is 0 Å². The number of aliphatic carboxylic acids is 2. The van der Waals surface area contributed by atoms with Gasteiger partial charge in [0.05, 0.1) is 67.0 Å². The van der Waals surface area contributed by atoms with Gasteiger partial charge in [0.2, 0.25) is 35.7 Å². The Morgan fingerprint density at radius 2 is 0.968 bits per heavy atom. The Morgan fingerprint density at radius 1 is 0.500 bits per heavy atom. The molecule has 0 spiro atoms. The molecule has 36 nitrogen and oxygen atoms in total. The number of aliphatic hydroxyl groups excluding tert-OH is 2. The van der Waals surface area contributed by atoms with E-state index >= 15 is 0 Å². The number of aromatic nitrogens is 6. The van der Waals surface area contributed by atoms with Crippen molar-refractivity contribution in [2.45, 2.75) is 21.9 Å². The van der Waals surface area contributed by atoms with Gasteiger partial charge in [-0.15, -0.1) is 20.5 Å². The molecule has 0 saturated carbocycles. The highest BCUT2D eigenvalue weighted by Gasteiger charge is 2.27. The van der Waals surface area contributed by atoms with Gasteiger partial charge in [-0.05, 0) is 65.4 Å². The molecule has 40 heteroatoms. The van der Waals surface area contributed by atoms with Crippen molar-refractivity contribution in [2.24, 2.45) is 20.5 Å². The van der Waals surface area contributed by atoms with Crippen LogP contribution in [0.15, 0.2) is 127 Å². The molecule has 94 heavy (non-hydrogen) atoms. The fourth-order valence-electron chi connectivity index (χ4n) is 8.32. The maximum absolute atomic E-state index is 12.8. The maximum Gasteiger partial charge on any atom is 0.337 e. The minimum atomic E-state index is -5.12. The number of aromatic carboxylic acids is 2. The summed E-state index contributed by atoms with van der Waals surface area (Å²) in [5.41, 5.74) is -2.10. The molecule has 2 atom stereocenters. The van der Waals surface area contributed by atoms with Crippen molar-refractivity contribution in [2.75, 3.05) is 96.1 Å². The van der Waals surface area contributed by atoms with Gasteiger partial charge in [-0.3, -0.25) is 9.11 Å². The summed E-state index contributed by atoms with van der Waals surface area (Å²) in [5.74, 6) is -9.50. The predicted molar refractivity (Wildman–Crippen MR) is 340 cm³/mol. The van der Waals surface area contributed by atoms with E-state index < -0.39 is 95.1 Å². The number of hydrogen-bond acceptors (Lipinski definition) is 32. The van der Waals surface area contributed by atoms with Crippen LogP contribution in [0.25, 0.3) is 21.5 Å². The van der Waals surface area contributed by atoms with Crippen LogP contribution in [0.3, 0.4) is 0 Å². The average Bonchev–Trinajstić information content (AvgIpc) is 0.768. The number of fused-ring (bicyclic) bond motifs is 2. The molecule has 2 heterocycles. The molecular weight excluding hydrogens is 1320 g/mol. The summed E-state index contributed by atoms with van der Waals surface area (Å²) >= 11 is 0. The Bertz CT molecular complexity index is 4450. The Labute approximate surface area is 538 Å². The Hall–Kier alpha value is -10.3. The van der Waals surface area contributed by atoms with Gasteiger partial charge < -0.3 is 82.2 Å². The zero-order chi connectivity index (χ0) is 67.7. The molecule has 2 aromatic heterocycles. The number of carboxylic acid groups (broad SMARTS) is 4. The predicted octanol–water partition coefficient (Wildman–Crippen LogP) is 6.64. The zero-order valence-corrected chi connectivity index (χ0v) is 51.4. The summed E-state index contributed by atoms with van der Waals surface area (Å²) in [6.07, 6.45) is 0. The summed E-state index contributed by atoms with van der Waals surface area (Å²) in [6, 6.07) is 17.6. The van der Waals surface area contributed by atoms with Crippen molar-refractivity contribution in [1.29, 1.82) is 0 Å². The number of nitrogens with zero attached hydrogens (tertiary/aromatic N) is 10. The number of carbonyl (C=O) groups is 4. The van der Waals surface area contributed by atoms with E-state index in [4.69, 9.17) is 9.47 Å². The Balaban J connectivity index is 1.04. The molecule has 0 aliphatic carbocycles. The third-order valence-corrected chi connectivity index (χ3v) is 16.7. The van der Waals surface area contributed by atoms with E-state index in [2.05, 4.69) is 82.3 Å². The number of azo groups is 2. The second-order valence-corrected chi connectivity index (χ2v) is 24.4. The van der Waals surface area contributed by atoms with Crippen molar-refractivity contribution in [3.05, 3.63) is 108 Å². The monoisotopic (exact) mass is 1370 g/mol. The van der Waals surface area contributed by atoms with Crippen molar-refractivity contribution < 1.29 is 95.4 Å². The number of anilines is 8. The first kappa shape index (κ1) is 69.6. The standard InChI is InChI=1S/C54H54N16O20S4/c71-16-20-89-18-14-55-49-61-51(57-34-11-5-6-27-23-39(94(86,87)88)42(44(74)40(27)34)70-68-33-10-4-2-8-31(33)46(77)78)65-53(63-49)59-37(47(79)80)25-91-92-26-38(48(81)82)60-54-64-50(56-15-19-90-21-17-72)62-52(66-54)58-36-24-29(93(83,84)85)22-28-12-13-35(43(73)41(28)36)69-67-32-9-3-1-7-30(32)45(75)76/h1-13,22-24,37-38,71-74H,14-21,25-26H2,(H,75,76)(H,77,78)(H,79,80)(H,81,82)(H,83,84,85)(H,86,87,88)(H3,55,57,59,61,63,65)(H3,56,58,60,62,64,66). The molecule has 494 valence electrons. The van der Waals surface area contributed by atoms with Gasteiger partial charge in [0.15, 0.2) is 11.5 Å². The fraction of sp³-hybridized carbons (Fsp3) is 0.222. The van der Waals surface area contributed by atoms with Gasteiger partial charge in [-0.1, -0.05) is 64.1 Å². The summed E-state index contributed by atoms with van der Waals surface area (Å²) in [7, 11) is -8.26. The average molecular weight is 1380 g/mol. The fourth-order valence-corrected chi connectivity index (χ4v) is 11.8. The SMILES string of the molecule is O=C(O)c1ccccc1N=Nc1ccc2cc(S(=O)(=O)O)cc(Nc3nc(NCCOCCO)nc(NC(CSSCC(Nc4nc(NCCOCCO)nc(Nc5cccc6cc(S(=O)(=O)O)c(N=Nc7ccccc7C(=O)O)c(O)c56)n4)C(=O)O)C(=O)O)n3)c2c1O. The van der Waals surface area contributed by atoms with E-state index in [1.807, 2.05) is 0 Å². The lowest BCUT2D eigenvalue weighted by atomic mass is 10.1. The molecule has 8 aromatic rings. The van der Waals surface area contributed by atoms with Crippen LogP contribution in [-0.2, 0) is 39.3 Å². The molecule has 8 rings (SSSR count). The number of benzene rings is 6. The lowest BCUT2D eigenvalue weighted by Gasteiger charge is -2.18. The number of carboxylic acids is 4. The largest absolute Gasteiger partial charge is 0.505 e. The number of phenols is 2. The molecule has 6 aromatic carbocycles. The van der Waals surface area contributed by atoms with Crippen LogP contribution in [0.2, 0.25) is 0 Å². The zero-order valence-electron chi connectivity index (χ0n) is 48.1. The van der Waals surface area contributed by atoms with Crippen LogP contribution in [0.1, 0.15) is 20.7 Å². The van der Waals surface area contributed by atoms with Crippen LogP contribution in [0, 0.1) is 0 Å². The molecule has 0 bridgehead atoms. The molecule has 0 aliphatic rings. The topological polar surface area (TPSA) is 556 Å². The lowest BCUT2D eigenvalue weighted by molar-refractivity contribution is -0.138. The number of ether oxygens (including phenoxy) is 2. The molecule has 0 amide bonds. The van der Waals surface area contributed by atoms with E-state index in [1.54, 1.807) is 0 Å². The van der Waals surface area contributed by atoms with Gasteiger partial charge in [-0.25, -0.2) is 19.2 Å². The van der Waals surface area contributed by atoms with Gasteiger partial charge in [-0.2, -0.15) is 46.7 Å². The minimum absolute atomic E-state index is 0.00722. The number of aromatic hydroxyl groups is 2. The number of aliphatic hydroxyl groups is 2. The van der Waals surface area contributed by atoms with Crippen LogP contribution in [0.4, 0.5) is 69.8 Å². The number of rotatable bonds is 35. The van der Waals surface area contributed by atoms with Gasteiger partial charge in [0.25, 0.3) is 20.2 Å². The number of nitrogens with one attached hydrogen (secondary N) is 6. The van der Waals surface area contributed by atoms with E-state index in [-0.39, 0.29) is 149 Å². The first-order valence-electron chi connectivity index (χ1n) is 27.1. The lowest BCUT2D eigenvalue weighted by Crippen LogP contribution is -2.34. The summed E-state index contributed by atoms with van der Waals surface area (Å²) < 4.78 is 81.4. The molecule has 0 fully saturated rings. The molecule has 16 N–H and O–H groups in total. The third-order valence-electron chi connectivity index (χ3n) is 12.5. The van der Waals surface area contributed by atoms with E-state index in [0.717, 1.165) is 39.8 Å². The first-order chi connectivity index (χ1) is 44.9. The minimum Gasteiger partial charge on any atom is -0.505 e. The van der Waals surface area contributed by atoms with Crippen molar-refractivity contribution >= 4 is 157 Å². The molecular formula is C54H54N16O20S4. The smallest absolute Gasteiger partial charge is 0.337 e. The normalized spacial score (nSPS) is 12.4. The second-order valence-electron chi connectivity index (χ2n) is 19.0. The third kappa shape index (κ3) is 18.5. The Kier molecular flexibility index (Phi) is 23.6. The van der Waals surface area contributed by atoms with E-state index in [0.29, 0.717) is 0 Å². The maximum atomic E-state index is 12.8. The summed E-state index contributed by atoms with van der Waals surface area (Å²) in [4.78, 5) is 73.7. The summed E-state index contributed by atoms with van der Waals surface area (Å²) in [5, 5.41) is 114. The van der Waals surface area contributed by atoms with Gasteiger partial charge >= 0.3 is 23.9 Å². The highest BCUT2D eigenvalue weighted by Crippen LogP contribution is 2.46. The number of phenolic OH excluding ortho intramolecular Hbond substituents is 2. The van der Waals surface area contributed by atoms with Crippen LogP contribution in [0.5, 0.6) is 11.5 Å². The summed E-state index contributed by atoms with van der Waals surface area (Å²) in [6.45, 7) is -0.490. The van der Waals surface area contributed by atoms with Crippen LogP contribution in [-0.4, -0.2) is 197 Å². The second kappa shape index (κ2) is 31.8. The highest BCUT2D eigenvalue weighted by molar-refractivity contribution is 8.76. The van der Waals surface area contributed by atoms with Crippen molar-refractivity contribution in [3.8, 4) is 11.5 Å². The number of hydrogen-bond donors (Lipinski definition) is 16. The molecule has 0 saturated heterocycles. The van der Waals surface area contributed by atoms with Crippen molar-refractivity contribution in [1.82, 2.24) is 29.9 Å². The molecule has 2 unspecified atom stereocenters. The van der Waals surface area contributed by atoms with E-state index in [9.17, 15) is 86.0 Å². The van der Waals surface area contributed by atoms with Crippen LogP contribution >= 0.6 is 21.6 Å². The Morgan fingerprint density at radius 3 is 1.47 bits per heavy atom. The quantitative estimate of drug-likeness (QED) is 0.00856. The van der Waals surface area contributed by atoms with Crippen LogP contribution < -0.4 is 31.9 Å². The van der Waals surface area contributed by atoms with E-state index in [1.165, 1.54) is 78.9 Å². The molecule has 0 radical (unpaired) electrons. The first-order valence-corrected chi connectivity index (χ1v) is 32.4. The highest BCUT2D eigenvalue weighted by atomic mass is 33.1.